The fourth-order valence-electron chi connectivity index (χ4n) is 12.5. The SMILES string of the molecule is Cc1cc(F)cc(CN2CCn3nc(COc4ccccc4)cc3C2=O)c1.Cc1ccc(CN2CCn3nc(COc4ccccc4)cc3C2=O)cc1.Cc1ccc(CN2CCn3nc(COc4ccccc4)cc3C2=O)cc1.O=C1c2cc(COc3ccccc3)nn2CCN1Cc1ccccc1. The van der Waals surface area contributed by atoms with E-state index in [-0.39, 0.29) is 29.4 Å². The molecule has 8 aromatic carbocycles. The molecule has 21 heteroatoms. The maximum absolute atomic E-state index is 13.6. The van der Waals surface area contributed by atoms with Crippen LogP contribution in [0.5, 0.6) is 23.0 Å². The van der Waals surface area contributed by atoms with E-state index in [1.165, 1.54) is 23.3 Å². The summed E-state index contributed by atoms with van der Waals surface area (Å²) in [6.45, 7) is 14.9. The molecular formula is C83H81FN12O8. The number of halogens is 1. The molecule has 0 unspecified atom stereocenters. The molecule has 0 atom stereocenters. The third-order valence-corrected chi connectivity index (χ3v) is 17.9. The number of carbonyl (C=O) groups excluding carboxylic acids is 4. The topological polar surface area (TPSA) is 189 Å². The summed E-state index contributed by atoms with van der Waals surface area (Å²) < 4.78 is 43.6. The van der Waals surface area contributed by atoms with Crippen LogP contribution in [0.4, 0.5) is 4.39 Å². The molecule has 16 rings (SSSR count). The van der Waals surface area contributed by atoms with Gasteiger partial charge in [0.1, 0.15) is 101 Å². The number of aryl methyl sites for hydroxylation is 3. The number of carbonyl (C=O) groups is 4. The van der Waals surface area contributed by atoms with E-state index in [1.54, 1.807) is 29.7 Å². The van der Waals surface area contributed by atoms with Gasteiger partial charge >= 0.3 is 0 Å². The molecule has 0 fully saturated rings. The summed E-state index contributed by atoms with van der Waals surface area (Å²) in [4.78, 5) is 58.5. The van der Waals surface area contributed by atoms with Crippen LogP contribution in [0.15, 0.2) is 243 Å². The molecular weight excluding hydrogens is 1310 g/mol. The van der Waals surface area contributed by atoms with Gasteiger partial charge in [-0.15, -0.1) is 0 Å². The Bertz CT molecular complexity index is 4680. The second kappa shape index (κ2) is 33.4. The number of hydrogen-bond acceptors (Lipinski definition) is 12. The predicted molar refractivity (Wildman–Crippen MR) is 391 cm³/mol. The van der Waals surface area contributed by atoms with Crippen LogP contribution in [0.3, 0.4) is 0 Å². The first-order valence-electron chi connectivity index (χ1n) is 34.8. The molecule has 4 aliphatic heterocycles. The molecule has 0 aliphatic carbocycles. The molecule has 12 aromatic rings. The minimum absolute atomic E-state index is 0.0218. The van der Waals surface area contributed by atoms with E-state index in [4.69, 9.17) is 18.9 Å². The number of rotatable bonds is 20. The number of benzene rings is 8. The van der Waals surface area contributed by atoms with Gasteiger partial charge in [-0.05, 0) is 134 Å². The van der Waals surface area contributed by atoms with Gasteiger partial charge in [-0.3, -0.25) is 37.9 Å². The van der Waals surface area contributed by atoms with Crippen molar-refractivity contribution in [2.75, 3.05) is 26.2 Å². The van der Waals surface area contributed by atoms with Crippen LogP contribution in [0, 0.1) is 26.6 Å². The van der Waals surface area contributed by atoms with Crippen LogP contribution in [0.25, 0.3) is 0 Å². The van der Waals surface area contributed by atoms with Crippen molar-refractivity contribution in [3.05, 3.63) is 333 Å². The lowest BCUT2D eigenvalue weighted by Crippen LogP contribution is -2.39. The summed E-state index contributed by atoms with van der Waals surface area (Å²) in [6, 6.07) is 77.2. The average Bonchev–Trinajstić information content (AvgIpc) is 1.66. The Labute approximate surface area is 603 Å². The number of amides is 4. The van der Waals surface area contributed by atoms with Gasteiger partial charge in [-0.1, -0.05) is 169 Å². The van der Waals surface area contributed by atoms with Gasteiger partial charge in [-0.2, -0.15) is 20.4 Å². The normalized spacial score (nSPS) is 13.6. The van der Waals surface area contributed by atoms with Gasteiger partial charge < -0.3 is 38.5 Å². The Morgan fingerprint density at radius 2 is 0.548 bits per heavy atom. The molecule has 0 saturated carbocycles. The lowest BCUT2D eigenvalue weighted by molar-refractivity contribution is 0.0676. The van der Waals surface area contributed by atoms with Gasteiger partial charge in [0.2, 0.25) is 0 Å². The average molecular weight is 1390 g/mol. The Morgan fingerprint density at radius 1 is 0.288 bits per heavy atom. The monoisotopic (exact) mass is 1390 g/mol. The summed E-state index contributed by atoms with van der Waals surface area (Å²) >= 11 is 0. The van der Waals surface area contributed by atoms with E-state index < -0.39 is 0 Å². The van der Waals surface area contributed by atoms with Gasteiger partial charge in [0.05, 0.1) is 26.2 Å². The molecule has 8 heterocycles. The third kappa shape index (κ3) is 18.4. The van der Waals surface area contributed by atoms with Crippen molar-refractivity contribution in [1.82, 2.24) is 58.7 Å². The third-order valence-electron chi connectivity index (χ3n) is 17.9. The number of hydrogen-bond donors (Lipinski definition) is 0. The van der Waals surface area contributed by atoms with Crippen molar-refractivity contribution in [1.29, 1.82) is 0 Å². The van der Waals surface area contributed by atoms with Crippen molar-refractivity contribution < 1.29 is 42.5 Å². The Hall–Kier alpha value is -12.4. The highest BCUT2D eigenvalue weighted by atomic mass is 19.1. The maximum atomic E-state index is 13.6. The predicted octanol–water partition coefficient (Wildman–Crippen LogP) is 13.5. The zero-order chi connectivity index (χ0) is 71.7. The number of para-hydroxylation sites is 4. The van der Waals surface area contributed by atoms with E-state index in [0.29, 0.717) is 133 Å². The van der Waals surface area contributed by atoms with E-state index in [9.17, 15) is 23.6 Å². The number of nitrogens with zero attached hydrogens (tertiary/aromatic N) is 12. The van der Waals surface area contributed by atoms with Crippen LogP contribution >= 0.6 is 0 Å². The van der Waals surface area contributed by atoms with Crippen LogP contribution in [0.2, 0.25) is 0 Å². The van der Waals surface area contributed by atoms with Crippen LogP contribution < -0.4 is 18.9 Å². The molecule has 4 aliphatic rings. The lowest BCUT2D eigenvalue weighted by Gasteiger charge is -2.27. The highest BCUT2D eigenvalue weighted by Crippen LogP contribution is 2.25. The quantitative estimate of drug-likeness (QED) is 0.0703. The molecule has 0 N–H and O–H groups in total. The molecule has 4 amide bonds. The molecule has 104 heavy (non-hydrogen) atoms. The van der Waals surface area contributed by atoms with E-state index >= 15 is 0 Å². The van der Waals surface area contributed by atoms with Gasteiger partial charge in [0.25, 0.3) is 23.6 Å². The fourth-order valence-corrected chi connectivity index (χ4v) is 12.5. The summed E-state index contributed by atoms with van der Waals surface area (Å²) in [6.07, 6.45) is 0. The molecule has 0 saturated heterocycles. The summed E-state index contributed by atoms with van der Waals surface area (Å²) in [5.41, 5.74) is 13.0. The van der Waals surface area contributed by atoms with Crippen LogP contribution in [-0.4, -0.2) is 109 Å². The first-order chi connectivity index (χ1) is 50.7. The molecule has 0 spiro atoms. The van der Waals surface area contributed by atoms with Crippen LogP contribution in [0.1, 0.15) is 104 Å². The minimum atomic E-state index is -0.278. The van der Waals surface area contributed by atoms with Crippen molar-refractivity contribution in [2.24, 2.45) is 0 Å². The smallest absolute Gasteiger partial charge is 0.272 e. The molecule has 528 valence electrons. The highest BCUT2D eigenvalue weighted by Gasteiger charge is 2.31. The molecule has 4 aromatic heterocycles. The lowest BCUT2D eigenvalue weighted by atomic mass is 10.1. The van der Waals surface area contributed by atoms with E-state index in [2.05, 4.69) is 82.8 Å². The standard InChI is InChI=1S/C21H20FN3O2.2C21H21N3O2.C20H19N3O2/c1-15-9-16(11-17(22)10-15)13-24-7-8-25-20(21(24)26)12-18(23-25)14-27-19-5-3-2-4-6-19;2*1-16-7-9-17(10-8-16)14-23-11-12-24-20(21(23)25)13-18(22-24)15-26-19-5-3-2-4-6-19;24-20-19-13-17(15-25-18-9-5-2-6-10-18)21-23(19)12-11-22(20)14-16-7-3-1-4-8-16/h2-6,9-12H,7-8,13-14H2,1H3;2*2-10,13H,11-12,14-15H2,1H3;1-10,13H,11-12,14-15H2. The molecule has 20 nitrogen and oxygen atoms in total. The first-order valence-corrected chi connectivity index (χ1v) is 34.8. The second-order valence-corrected chi connectivity index (χ2v) is 25.9. The van der Waals surface area contributed by atoms with Crippen LogP contribution in [-0.2, 0) is 78.8 Å². The van der Waals surface area contributed by atoms with Crippen molar-refractivity contribution in [3.63, 3.8) is 0 Å². The zero-order valence-corrected chi connectivity index (χ0v) is 58.4. The number of aromatic nitrogens is 8. The van der Waals surface area contributed by atoms with Crippen molar-refractivity contribution in [2.45, 2.75) is 99.6 Å². The van der Waals surface area contributed by atoms with Gasteiger partial charge in [0.15, 0.2) is 0 Å². The Balaban J connectivity index is 0.000000123. The summed E-state index contributed by atoms with van der Waals surface area (Å²) in [7, 11) is 0. The first kappa shape index (κ1) is 70.1. The molecule has 0 bridgehead atoms. The minimum Gasteiger partial charge on any atom is -0.487 e. The summed E-state index contributed by atoms with van der Waals surface area (Å²) in [5, 5.41) is 18.0. The van der Waals surface area contributed by atoms with Gasteiger partial charge in [-0.25, -0.2) is 4.39 Å². The van der Waals surface area contributed by atoms with E-state index in [0.717, 1.165) is 67.9 Å². The highest BCUT2D eigenvalue weighted by molar-refractivity contribution is 5.95. The number of ether oxygens (including phenoxy) is 4. The Morgan fingerprint density at radius 3 is 0.827 bits per heavy atom. The number of fused-ring (bicyclic) bond motifs is 4. The maximum Gasteiger partial charge on any atom is 0.272 e. The molecule has 0 radical (unpaired) electrons. The largest absolute Gasteiger partial charge is 0.487 e. The Kier molecular flexibility index (Phi) is 22.5. The van der Waals surface area contributed by atoms with Crippen molar-refractivity contribution >= 4 is 23.6 Å². The zero-order valence-electron chi connectivity index (χ0n) is 58.4. The summed E-state index contributed by atoms with van der Waals surface area (Å²) in [5.74, 6) is 2.85. The van der Waals surface area contributed by atoms with E-state index in [1.807, 2.05) is 198 Å². The fraction of sp³-hybridized carbons (Fsp3) is 0.229. The second-order valence-electron chi connectivity index (χ2n) is 25.9. The van der Waals surface area contributed by atoms with Gasteiger partial charge in [0, 0.05) is 52.4 Å². The van der Waals surface area contributed by atoms with Crippen molar-refractivity contribution in [3.8, 4) is 23.0 Å².